The van der Waals surface area contributed by atoms with Crippen molar-refractivity contribution in [2.75, 3.05) is 19.7 Å². The number of hydrogen-bond acceptors (Lipinski definition) is 4. The van der Waals surface area contributed by atoms with Crippen LogP contribution in [0.2, 0.25) is 0 Å². The number of nitrogens with zero attached hydrogens (tertiary/aromatic N) is 2. The van der Waals surface area contributed by atoms with Gasteiger partial charge in [0.2, 0.25) is 5.95 Å². The van der Waals surface area contributed by atoms with Crippen molar-refractivity contribution in [1.82, 2.24) is 9.88 Å². The third-order valence-corrected chi connectivity index (χ3v) is 6.83. The van der Waals surface area contributed by atoms with Crippen LogP contribution < -0.4 is 0 Å². The molecule has 168 valence electrons. The van der Waals surface area contributed by atoms with Gasteiger partial charge in [0.1, 0.15) is 12.0 Å². The van der Waals surface area contributed by atoms with Crippen molar-refractivity contribution in [3.63, 3.8) is 0 Å². The Labute approximate surface area is 190 Å². The molecule has 1 N–H and O–H groups in total. The summed E-state index contributed by atoms with van der Waals surface area (Å²) in [7, 11) is 0. The molecular formula is C26H23FN2O4. The zero-order chi connectivity index (χ0) is 23.0. The summed E-state index contributed by atoms with van der Waals surface area (Å²) in [4.78, 5) is 30.3. The van der Waals surface area contributed by atoms with E-state index >= 15 is 0 Å². The highest BCUT2D eigenvalue weighted by Gasteiger charge is 2.45. The van der Waals surface area contributed by atoms with Gasteiger partial charge in [-0.1, -0.05) is 54.6 Å². The first-order valence-corrected chi connectivity index (χ1v) is 11.0. The molecule has 3 aromatic rings. The van der Waals surface area contributed by atoms with E-state index in [1.807, 2.05) is 24.3 Å². The maximum atomic E-state index is 13.6. The Bertz CT molecular complexity index is 1170. The average Bonchev–Trinajstić information content (AvgIpc) is 3.16. The minimum Gasteiger partial charge on any atom is -0.481 e. The van der Waals surface area contributed by atoms with Gasteiger partial charge < -0.3 is 14.7 Å². The monoisotopic (exact) mass is 446 g/mol. The van der Waals surface area contributed by atoms with Gasteiger partial charge in [0.05, 0.1) is 5.69 Å². The largest absolute Gasteiger partial charge is 0.481 e. The summed E-state index contributed by atoms with van der Waals surface area (Å²) < 4.78 is 19.3. The number of carboxylic acids is 1. The van der Waals surface area contributed by atoms with Crippen molar-refractivity contribution in [3.8, 4) is 11.1 Å². The predicted octanol–water partition coefficient (Wildman–Crippen LogP) is 4.59. The van der Waals surface area contributed by atoms with Gasteiger partial charge in [-0.3, -0.25) is 4.79 Å². The van der Waals surface area contributed by atoms with E-state index in [1.165, 1.54) is 23.1 Å². The van der Waals surface area contributed by atoms with Gasteiger partial charge in [-0.2, -0.15) is 4.39 Å². The number of aromatic nitrogens is 1. The zero-order valence-corrected chi connectivity index (χ0v) is 17.9. The maximum absolute atomic E-state index is 13.6. The van der Waals surface area contributed by atoms with Crippen LogP contribution in [0.3, 0.4) is 0 Å². The fourth-order valence-electron chi connectivity index (χ4n) is 5.01. The molecule has 6 nitrogen and oxygen atoms in total. The highest BCUT2D eigenvalue weighted by atomic mass is 19.1. The Hall–Kier alpha value is -3.74. The van der Waals surface area contributed by atoms with Crippen molar-refractivity contribution < 1.29 is 23.8 Å². The summed E-state index contributed by atoms with van der Waals surface area (Å²) in [6.07, 6.45) is -0.186. The highest BCUT2D eigenvalue weighted by Crippen LogP contribution is 2.44. The third-order valence-electron chi connectivity index (χ3n) is 6.83. The van der Waals surface area contributed by atoms with E-state index in [9.17, 15) is 19.1 Å². The average molecular weight is 446 g/mol. The summed E-state index contributed by atoms with van der Waals surface area (Å²) in [5.74, 6) is -1.82. The minimum atomic E-state index is -1.32. The first-order valence-electron chi connectivity index (χ1n) is 11.0. The normalized spacial score (nSPS) is 16.7. The van der Waals surface area contributed by atoms with E-state index in [2.05, 4.69) is 29.2 Å². The molecule has 1 aliphatic carbocycles. The Kier molecular flexibility index (Phi) is 5.32. The number of rotatable bonds is 4. The van der Waals surface area contributed by atoms with E-state index in [0.29, 0.717) is 0 Å². The zero-order valence-electron chi connectivity index (χ0n) is 17.9. The minimum absolute atomic E-state index is 0.0410. The number of ether oxygens (including phenoxy) is 1. The lowest BCUT2D eigenvalue weighted by Crippen LogP contribution is -2.49. The van der Waals surface area contributed by atoms with E-state index in [-0.39, 0.29) is 44.1 Å². The third kappa shape index (κ3) is 3.63. The Balaban J connectivity index is 1.27. The van der Waals surface area contributed by atoms with E-state index in [4.69, 9.17) is 4.74 Å². The number of likely N-dealkylation sites (tertiary alicyclic amines) is 1. The Morgan fingerprint density at radius 3 is 2.15 bits per heavy atom. The van der Waals surface area contributed by atoms with Gasteiger partial charge in [-0.15, -0.1) is 0 Å². The molecular weight excluding hydrogens is 423 g/mol. The quantitative estimate of drug-likeness (QED) is 0.593. The number of carbonyl (C=O) groups excluding carboxylic acids is 1. The SMILES string of the molecule is O=C(OCC1c2ccccc2-c2ccccc21)N1CCC(C(=O)O)(c2cccc(F)n2)CC1. The molecule has 5 rings (SSSR count). The van der Waals surface area contributed by atoms with Crippen LogP contribution in [-0.4, -0.2) is 46.7 Å². The van der Waals surface area contributed by atoms with Gasteiger partial charge in [0, 0.05) is 19.0 Å². The van der Waals surface area contributed by atoms with Gasteiger partial charge in [0.25, 0.3) is 0 Å². The highest BCUT2D eigenvalue weighted by molar-refractivity contribution is 5.82. The number of carboxylic acid groups (broad SMARTS) is 1. The number of hydrogen-bond donors (Lipinski definition) is 1. The molecule has 2 heterocycles. The molecule has 33 heavy (non-hydrogen) atoms. The molecule has 1 saturated heterocycles. The molecule has 0 spiro atoms. The van der Waals surface area contributed by atoms with Crippen molar-refractivity contribution in [2.24, 2.45) is 0 Å². The molecule has 0 unspecified atom stereocenters. The second kappa shape index (κ2) is 8.31. The summed E-state index contributed by atoms with van der Waals surface area (Å²) >= 11 is 0. The molecule has 0 bridgehead atoms. The number of benzene rings is 2. The number of piperidine rings is 1. The first kappa shape index (κ1) is 21.1. The van der Waals surface area contributed by atoms with Gasteiger partial charge in [-0.25, -0.2) is 9.78 Å². The maximum Gasteiger partial charge on any atom is 0.409 e. The van der Waals surface area contributed by atoms with Gasteiger partial charge in [0.15, 0.2) is 0 Å². The van der Waals surface area contributed by atoms with Crippen LogP contribution >= 0.6 is 0 Å². The van der Waals surface area contributed by atoms with Crippen molar-refractivity contribution in [3.05, 3.63) is 89.5 Å². The molecule has 2 aliphatic rings. The lowest BCUT2D eigenvalue weighted by atomic mass is 9.75. The number of aliphatic carboxylic acids is 1. The van der Waals surface area contributed by atoms with Crippen molar-refractivity contribution >= 4 is 12.1 Å². The summed E-state index contributed by atoms with van der Waals surface area (Å²) in [5.41, 5.74) is 3.44. The van der Waals surface area contributed by atoms with Crippen LogP contribution in [0.1, 0.15) is 35.6 Å². The number of amides is 1. The van der Waals surface area contributed by atoms with Crippen molar-refractivity contribution in [2.45, 2.75) is 24.2 Å². The number of carbonyl (C=O) groups is 2. The predicted molar refractivity (Wildman–Crippen MR) is 119 cm³/mol. The lowest BCUT2D eigenvalue weighted by Gasteiger charge is -2.38. The molecule has 7 heteroatoms. The standard InChI is InChI=1S/C26H23FN2O4/c27-23-11-5-10-22(28-23)26(24(30)31)12-14-29(15-13-26)25(32)33-16-21-19-8-3-1-6-17(19)18-7-2-4-9-20(18)21/h1-11,21H,12-16H2,(H,30,31). The van der Waals surface area contributed by atoms with Gasteiger partial charge in [-0.05, 0) is 47.2 Å². The topological polar surface area (TPSA) is 79.7 Å². The van der Waals surface area contributed by atoms with Crippen LogP contribution in [0.4, 0.5) is 9.18 Å². The molecule has 0 radical (unpaired) electrons. The number of fused-ring (bicyclic) bond motifs is 3. The van der Waals surface area contributed by atoms with E-state index < -0.39 is 23.4 Å². The van der Waals surface area contributed by atoms with Crippen molar-refractivity contribution in [1.29, 1.82) is 0 Å². The van der Waals surface area contributed by atoms with Crippen LogP contribution in [0.15, 0.2) is 66.7 Å². The van der Waals surface area contributed by atoms with E-state index in [0.717, 1.165) is 22.3 Å². The van der Waals surface area contributed by atoms with Crippen LogP contribution in [0.25, 0.3) is 11.1 Å². The molecule has 1 aromatic heterocycles. The van der Waals surface area contributed by atoms with Crippen LogP contribution in [0, 0.1) is 5.95 Å². The molecule has 0 saturated carbocycles. The molecule has 0 atom stereocenters. The molecule has 1 amide bonds. The number of pyridine rings is 1. The smallest absolute Gasteiger partial charge is 0.409 e. The second-order valence-electron chi connectivity index (χ2n) is 8.52. The van der Waals surface area contributed by atoms with E-state index in [1.54, 1.807) is 0 Å². The van der Waals surface area contributed by atoms with Gasteiger partial charge >= 0.3 is 12.1 Å². The Morgan fingerprint density at radius 1 is 0.970 bits per heavy atom. The summed E-state index contributed by atoms with van der Waals surface area (Å²) in [6.45, 7) is 0.598. The lowest BCUT2D eigenvalue weighted by molar-refractivity contribution is -0.146. The molecule has 1 aliphatic heterocycles. The fourth-order valence-corrected chi connectivity index (χ4v) is 5.01. The number of halogens is 1. The summed E-state index contributed by atoms with van der Waals surface area (Å²) in [6, 6.07) is 20.4. The molecule has 2 aromatic carbocycles. The fraction of sp³-hybridized carbons (Fsp3) is 0.269. The van der Waals surface area contributed by atoms with Crippen LogP contribution in [-0.2, 0) is 14.9 Å². The van der Waals surface area contributed by atoms with Crippen LogP contribution in [0.5, 0.6) is 0 Å². The first-order chi connectivity index (χ1) is 16.0. The second-order valence-corrected chi connectivity index (χ2v) is 8.52. The summed E-state index contributed by atoms with van der Waals surface area (Å²) in [5, 5.41) is 9.89. The Morgan fingerprint density at radius 2 is 1.58 bits per heavy atom. The molecule has 1 fully saturated rings.